The Balaban J connectivity index is 1.92. The quantitative estimate of drug-likeness (QED) is 0.545. The van der Waals surface area contributed by atoms with Crippen molar-refractivity contribution in [2.45, 2.75) is 39.0 Å². The van der Waals surface area contributed by atoms with Crippen molar-refractivity contribution >= 4 is 33.4 Å². The number of unbranched alkanes of at least 4 members (excludes halogenated alkanes) is 3. The second-order valence-electron chi connectivity index (χ2n) is 5.51. The molecule has 2 heteroatoms. The van der Waals surface area contributed by atoms with Gasteiger partial charge < -0.3 is 4.98 Å². The molecule has 0 saturated heterocycles. The highest BCUT2D eigenvalue weighted by molar-refractivity contribution is 6.31. The Bertz CT molecular complexity index is 727. The summed E-state index contributed by atoms with van der Waals surface area (Å²) >= 11 is 6.12. The number of H-pyrrole nitrogens is 1. The maximum absolute atomic E-state index is 6.12. The average Bonchev–Trinajstić information content (AvgIpc) is 2.81. The van der Waals surface area contributed by atoms with Gasteiger partial charge in [0.15, 0.2) is 0 Å². The second-order valence-corrected chi connectivity index (χ2v) is 5.94. The zero-order valence-electron chi connectivity index (χ0n) is 11.9. The van der Waals surface area contributed by atoms with Crippen LogP contribution in [-0.4, -0.2) is 4.98 Å². The molecule has 104 valence electrons. The molecular formula is C18H20ClN. The van der Waals surface area contributed by atoms with Crippen LogP contribution in [0, 0.1) is 0 Å². The van der Waals surface area contributed by atoms with Gasteiger partial charge >= 0.3 is 0 Å². The third-order valence-electron chi connectivity index (χ3n) is 3.94. The minimum atomic E-state index is 0.798. The summed E-state index contributed by atoms with van der Waals surface area (Å²) in [5.74, 6) is 0. The van der Waals surface area contributed by atoms with Crippen molar-refractivity contribution in [1.82, 2.24) is 4.98 Å². The van der Waals surface area contributed by atoms with Gasteiger partial charge in [0.1, 0.15) is 0 Å². The molecule has 0 saturated carbocycles. The average molecular weight is 286 g/mol. The summed E-state index contributed by atoms with van der Waals surface area (Å²) in [6, 6.07) is 12.8. The van der Waals surface area contributed by atoms with E-state index in [4.69, 9.17) is 11.6 Å². The van der Waals surface area contributed by atoms with Crippen LogP contribution in [0.1, 0.15) is 38.2 Å². The summed E-state index contributed by atoms with van der Waals surface area (Å²) < 4.78 is 0. The van der Waals surface area contributed by atoms with E-state index >= 15 is 0 Å². The Labute approximate surface area is 124 Å². The topological polar surface area (TPSA) is 15.8 Å². The molecule has 0 fully saturated rings. The molecule has 1 heterocycles. The van der Waals surface area contributed by atoms with E-state index in [1.807, 2.05) is 6.07 Å². The summed E-state index contributed by atoms with van der Waals surface area (Å²) in [5.41, 5.74) is 3.78. The molecule has 2 aromatic carbocycles. The van der Waals surface area contributed by atoms with Crippen LogP contribution in [0.5, 0.6) is 0 Å². The van der Waals surface area contributed by atoms with Gasteiger partial charge in [0.25, 0.3) is 0 Å². The van der Waals surface area contributed by atoms with E-state index < -0.39 is 0 Å². The number of halogens is 1. The SMILES string of the molecule is CCCCCCc1ccc2[nH]c3ccc(Cl)cc3c2c1. The molecule has 0 aliphatic heterocycles. The number of aryl methyl sites for hydroxylation is 1. The van der Waals surface area contributed by atoms with E-state index in [2.05, 4.69) is 42.2 Å². The van der Waals surface area contributed by atoms with Gasteiger partial charge in [0.2, 0.25) is 0 Å². The lowest BCUT2D eigenvalue weighted by Crippen LogP contribution is -1.85. The molecule has 3 rings (SSSR count). The van der Waals surface area contributed by atoms with E-state index in [1.54, 1.807) is 0 Å². The van der Waals surface area contributed by atoms with Crippen molar-refractivity contribution in [3.05, 3.63) is 47.0 Å². The predicted octanol–water partition coefficient (Wildman–Crippen LogP) is 6.10. The maximum Gasteiger partial charge on any atom is 0.0465 e. The second kappa shape index (κ2) is 5.88. The molecule has 0 unspecified atom stereocenters. The van der Waals surface area contributed by atoms with E-state index in [0.29, 0.717) is 0 Å². The van der Waals surface area contributed by atoms with Gasteiger partial charge in [-0.25, -0.2) is 0 Å². The highest BCUT2D eigenvalue weighted by Gasteiger charge is 2.05. The lowest BCUT2D eigenvalue weighted by atomic mass is 10.0. The van der Waals surface area contributed by atoms with Crippen LogP contribution in [-0.2, 0) is 6.42 Å². The van der Waals surface area contributed by atoms with Crippen molar-refractivity contribution in [2.24, 2.45) is 0 Å². The molecule has 0 aliphatic carbocycles. The molecule has 0 atom stereocenters. The van der Waals surface area contributed by atoms with Crippen LogP contribution in [0.2, 0.25) is 5.02 Å². The van der Waals surface area contributed by atoms with Crippen LogP contribution < -0.4 is 0 Å². The number of aromatic nitrogens is 1. The number of benzene rings is 2. The fraction of sp³-hybridized carbons (Fsp3) is 0.333. The zero-order chi connectivity index (χ0) is 13.9. The van der Waals surface area contributed by atoms with Gasteiger partial charge in [-0.2, -0.15) is 0 Å². The van der Waals surface area contributed by atoms with Crippen LogP contribution >= 0.6 is 11.6 Å². The Hall–Kier alpha value is -1.47. The van der Waals surface area contributed by atoms with Crippen molar-refractivity contribution in [2.75, 3.05) is 0 Å². The highest BCUT2D eigenvalue weighted by Crippen LogP contribution is 2.28. The third kappa shape index (κ3) is 2.69. The minimum absolute atomic E-state index is 0.798. The van der Waals surface area contributed by atoms with Crippen molar-refractivity contribution in [3.8, 4) is 0 Å². The smallest absolute Gasteiger partial charge is 0.0465 e. The lowest BCUT2D eigenvalue weighted by Gasteiger charge is -2.02. The molecule has 0 aliphatic rings. The molecule has 0 radical (unpaired) electrons. The molecule has 20 heavy (non-hydrogen) atoms. The van der Waals surface area contributed by atoms with Crippen molar-refractivity contribution in [3.63, 3.8) is 0 Å². The van der Waals surface area contributed by atoms with E-state index in [-0.39, 0.29) is 0 Å². The molecule has 1 N–H and O–H groups in total. The number of rotatable bonds is 5. The number of fused-ring (bicyclic) bond motifs is 3. The molecule has 0 spiro atoms. The number of hydrogen-bond acceptors (Lipinski definition) is 0. The molecular weight excluding hydrogens is 266 g/mol. The Morgan fingerprint density at radius 1 is 0.900 bits per heavy atom. The first-order valence-corrected chi connectivity index (χ1v) is 7.85. The molecule has 3 aromatic rings. The van der Waals surface area contributed by atoms with Crippen molar-refractivity contribution in [1.29, 1.82) is 0 Å². The Kier molecular flexibility index (Phi) is 3.98. The van der Waals surface area contributed by atoms with Crippen LogP contribution in [0.4, 0.5) is 0 Å². The van der Waals surface area contributed by atoms with Crippen LogP contribution in [0.15, 0.2) is 36.4 Å². The van der Waals surface area contributed by atoms with Crippen molar-refractivity contribution < 1.29 is 0 Å². The molecule has 1 aromatic heterocycles. The maximum atomic E-state index is 6.12. The van der Waals surface area contributed by atoms with E-state index in [0.717, 1.165) is 10.5 Å². The van der Waals surface area contributed by atoms with Gasteiger partial charge in [0.05, 0.1) is 0 Å². The normalized spacial score (nSPS) is 11.5. The lowest BCUT2D eigenvalue weighted by molar-refractivity contribution is 0.667. The number of hydrogen-bond donors (Lipinski definition) is 1. The molecule has 1 nitrogen and oxygen atoms in total. The first-order chi connectivity index (χ1) is 9.78. The summed E-state index contributed by atoms with van der Waals surface area (Å²) in [6.07, 6.45) is 6.41. The summed E-state index contributed by atoms with van der Waals surface area (Å²) in [6.45, 7) is 2.25. The first kappa shape index (κ1) is 13.5. The summed E-state index contributed by atoms with van der Waals surface area (Å²) in [5, 5.41) is 3.31. The first-order valence-electron chi connectivity index (χ1n) is 7.48. The van der Waals surface area contributed by atoms with Crippen LogP contribution in [0.3, 0.4) is 0 Å². The van der Waals surface area contributed by atoms with Gasteiger partial charge in [-0.1, -0.05) is 43.9 Å². The standard InChI is InChI=1S/C18H20ClN/c1-2-3-4-5-6-13-7-9-17-15(11-13)16-12-14(19)8-10-18(16)20-17/h7-12,20H,2-6H2,1H3. The van der Waals surface area contributed by atoms with Crippen LogP contribution in [0.25, 0.3) is 21.8 Å². The predicted molar refractivity (Wildman–Crippen MR) is 88.7 cm³/mol. The minimum Gasteiger partial charge on any atom is -0.355 e. The highest BCUT2D eigenvalue weighted by atomic mass is 35.5. The Morgan fingerprint density at radius 3 is 2.45 bits per heavy atom. The fourth-order valence-corrected chi connectivity index (χ4v) is 3.00. The summed E-state index contributed by atoms with van der Waals surface area (Å²) in [4.78, 5) is 3.45. The molecule has 0 bridgehead atoms. The van der Waals surface area contributed by atoms with Gasteiger partial charge in [-0.3, -0.25) is 0 Å². The van der Waals surface area contributed by atoms with E-state index in [1.165, 1.54) is 54.0 Å². The van der Waals surface area contributed by atoms with Gasteiger partial charge in [0, 0.05) is 26.8 Å². The third-order valence-corrected chi connectivity index (χ3v) is 4.18. The number of nitrogens with one attached hydrogen (secondary N) is 1. The van der Waals surface area contributed by atoms with E-state index in [9.17, 15) is 0 Å². The largest absolute Gasteiger partial charge is 0.355 e. The zero-order valence-corrected chi connectivity index (χ0v) is 12.6. The number of aromatic amines is 1. The van der Waals surface area contributed by atoms with Gasteiger partial charge in [-0.15, -0.1) is 0 Å². The Morgan fingerprint density at radius 2 is 1.65 bits per heavy atom. The van der Waals surface area contributed by atoms with Gasteiger partial charge in [-0.05, 0) is 48.7 Å². The molecule has 0 amide bonds. The fourth-order valence-electron chi connectivity index (χ4n) is 2.83. The monoisotopic (exact) mass is 285 g/mol. The summed E-state index contributed by atoms with van der Waals surface area (Å²) in [7, 11) is 0.